The van der Waals surface area contributed by atoms with Crippen LogP contribution in [0.4, 0.5) is 4.39 Å². The Morgan fingerprint density at radius 1 is 1.60 bits per heavy atom. The van der Waals surface area contributed by atoms with E-state index < -0.39 is 11.8 Å². The number of aromatic carboxylic acids is 1. The van der Waals surface area contributed by atoms with Gasteiger partial charge in [-0.3, -0.25) is 0 Å². The van der Waals surface area contributed by atoms with Crippen molar-refractivity contribution in [3.63, 3.8) is 0 Å². The molecule has 0 spiro atoms. The summed E-state index contributed by atoms with van der Waals surface area (Å²) >= 11 is 1.19. The van der Waals surface area contributed by atoms with Crippen molar-refractivity contribution in [2.24, 2.45) is 0 Å². The van der Waals surface area contributed by atoms with E-state index in [0.717, 1.165) is 6.07 Å². The van der Waals surface area contributed by atoms with Crippen LogP contribution in [0.1, 0.15) is 17.3 Å². The fraction of sp³-hybridized carbons (Fsp3) is 0.182. The molecule has 0 atom stereocenters. The van der Waals surface area contributed by atoms with Gasteiger partial charge in [-0.2, -0.15) is 0 Å². The van der Waals surface area contributed by atoms with Gasteiger partial charge in [-0.1, -0.05) is 5.92 Å². The van der Waals surface area contributed by atoms with E-state index in [1.54, 1.807) is 6.92 Å². The van der Waals surface area contributed by atoms with Crippen LogP contribution < -0.4 is 0 Å². The topological polar surface area (TPSA) is 37.3 Å². The minimum atomic E-state index is -1.06. The molecule has 0 radical (unpaired) electrons. The molecular formula is C11H9FO2S. The first-order chi connectivity index (χ1) is 7.15. The van der Waals surface area contributed by atoms with Crippen LogP contribution in [0, 0.1) is 17.7 Å². The molecule has 4 heteroatoms. The lowest BCUT2D eigenvalue weighted by molar-refractivity contribution is 0.0696. The second-order valence-electron chi connectivity index (χ2n) is 2.67. The van der Waals surface area contributed by atoms with Gasteiger partial charge in [0, 0.05) is 4.90 Å². The van der Waals surface area contributed by atoms with Gasteiger partial charge in [0.15, 0.2) is 0 Å². The highest BCUT2D eigenvalue weighted by Gasteiger charge is 2.07. The van der Waals surface area contributed by atoms with Gasteiger partial charge in [0.25, 0.3) is 0 Å². The van der Waals surface area contributed by atoms with Crippen LogP contribution in [-0.4, -0.2) is 16.8 Å². The average molecular weight is 224 g/mol. The van der Waals surface area contributed by atoms with Crippen LogP contribution in [0.15, 0.2) is 23.1 Å². The molecule has 15 heavy (non-hydrogen) atoms. The number of hydrogen-bond acceptors (Lipinski definition) is 2. The van der Waals surface area contributed by atoms with Crippen LogP contribution in [0.5, 0.6) is 0 Å². The molecule has 0 unspecified atom stereocenters. The maximum absolute atomic E-state index is 13.2. The molecule has 0 aliphatic rings. The zero-order chi connectivity index (χ0) is 11.3. The van der Waals surface area contributed by atoms with Crippen LogP contribution >= 0.6 is 11.8 Å². The summed E-state index contributed by atoms with van der Waals surface area (Å²) in [4.78, 5) is 11.0. The molecule has 1 aromatic rings. The van der Waals surface area contributed by atoms with Gasteiger partial charge >= 0.3 is 5.97 Å². The Kier molecular flexibility index (Phi) is 4.19. The van der Waals surface area contributed by atoms with E-state index in [2.05, 4.69) is 11.8 Å². The number of hydrogen-bond donors (Lipinski definition) is 1. The summed E-state index contributed by atoms with van der Waals surface area (Å²) in [6.07, 6.45) is 0. The molecule has 0 amide bonds. The lowest BCUT2D eigenvalue weighted by atomic mass is 10.2. The highest BCUT2D eigenvalue weighted by atomic mass is 32.2. The van der Waals surface area contributed by atoms with Gasteiger partial charge in [-0.25, -0.2) is 9.18 Å². The highest BCUT2D eigenvalue weighted by Crippen LogP contribution is 2.22. The van der Waals surface area contributed by atoms with E-state index >= 15 is 0 Å². The van der Waals surface area contributed by atoms with E-state index in [1.165, 1.54) is 23.9 Å². The van der Waals surface area contributed by atoms with Crippen molar-refractivity contribution in [2.45, 2.75) is 11.8 Å². The molecule has 1 N–H and O–H groups in total. The third kappa shape index (κ3) is 3.30. The molecule has 1 aromatic carbocycles. The summed E-state index contributed by atoms with van der Waals surface area (Å²) in [5.41, 5.74) is 0.0864. The Balaban J connectivity index is 2.88. The molecule has 0 aliphatic carbocycles. The zero-order valence-corrected chi connectivity index (χ0v) is 8.90. The Morgan fingerprint density at radius 3 is 2.93 bits per heavy atom. The third-order valence-corrected chi connectivity index (χ3v) is 2.57. The van der Waals surface area contributed by atoms with E-state index in [1.807, 2.05) is 0 Å². The normalized spacial score (nSPS) is 9.20. The van der Waals surface area contributed by atoms with Crippen LogP contribution in [0.3, 0.4) is 0 Å². The van der Waals surface area contributed by atoms with Crippen molar-refractivity contribution in [3.8, 4) is 11.8 Å². The maximum atomic E-state index is 13.2. The molecule has 2 nitrogen and oxygen atoms in total. The molecule has 0 aliphatic heterocycles. The Morgan fingerprint density at radius 2 is 2.33 bits per heavy atom. The zero-order valence-electron chi connectivity index (χ0n) is 8.08. The van der Waals surface area contributed by atoms with Gasteiger partial charge in [0.05, 0.1) is 11.3 Å². The lowest BCUT2D eigenvalue weighted by Crippen LogP contribution is -1.97. The van der Waals surface area contributed by atoms with Crippen LogP contribution in [0.25, 0.3) is 0 Å². The monoisotopic (exact) mass is 224 g/mol. The molecule has 0 saturated carbocycles. The standard InChI is InChI=1S/C11H9FO2S/c1-2-3-6-15-10-7-8(11(13)14)4-5-9(10)12/h4-5,7H,6H2,1H3,(H,13,14). The minimum Gasteiger partial charge on any atom is -0.478 e. The van der Waals surface area contributed by atoms with Crippen molar-refractivity contribution in [1.29, 1.82) is 0 Å². The van der Waals surface area contributed by atoms with Gasteiger partial charge in [-0.05, 0) is 25.1 Å². The van der Waals surface area contributed by atoms with Gasteiger partial charge in [0.2, 0.25) is 0 Å². The van der Waals surface area contributed by atoms with Crippen molar-refractivity contribution in [2.75, 3.05) is 5.75 Å². The van der Waals surface area contributed by atoms with Gasteiger partial charge < -0.3 is 5.11 Å². The van der Waals surface area contributed by atoms with Crippen molar-refractivity contribution >= 4 is 17.7 Å². The van der Waals surface area contributed by atoms with E-state index in [9.17, 15) is 9.18 Å². The van der Waals surface area contributed by atoms with Crippen molar-refractivity contribution < 1.29 is 14.3 Å². The third-order valence-electron chi connectivity index (χ3n) is 1.65. The largest absolute Gasteiger partial charge is 0.478 e. The smallest absolute Gasteiger partial charge is 0.335 e. The molecular weight excluding hydrogens is 215 g/mol. The summed E-state index contributed by atoms with van der Waals surface area (Å²) in [7, 11) is 0. The number of carbonyl (C=O) groups is 1. The molecule has 1 rings (SSSR count). The fourth-order valence-corrected chi connectivity index (χ4v) is 1.72. The number of carboxylic acids is 1. The molecule has 0 bridgehead atoms. The van der Waals surface area contributed by atoms with E-state index in [4.69, 9.17) is 5.11 Å². The van der Waals surface area contributed by atoms with E-state index in [-0.39, 0.29) is 5.56 Å². The molecule has 78 valence electrons. The van der Waals surface area contributed by atoms with E-state index in [0.29, 0.717) is 10.6 Å². The quantitative estimate of drug-likeness (QED) is 0.633. The Labute approximate surface area is 91.5 Å². The Hall–Kier alpha value is -1.47. The first kappa shape index (κ1) is 11.6. The number of halogens is 1. The molecule has 0 heterocycles. The highest BCUT2D eigenvalue weighted by molar-refractivity contribution is 7.99. The van der Waals surface area contributed by atoms with Crippen molar-refractivity contribution in [3.05, 3.63) is 29.6 Å². The van der Waals surface area contributed by atoms with Crippen LogP contribution in [0.2, 0.25) is 0 Å². The lowest BCUT2D eigenvalue weighted by Gasteiger charge is -2.01. The van der Waals surface area contributed by atoms with Gasteiger partial charge in [-0.15, -0.1) is 17.7 Å². The number of thioether (sulfide) groups is 1. The second-order valence-corrected chi connectivity index (χ2v) is 3.68. The first-order valence-corrected chi connectivity index (χ1v) is 5.19. The first-order valence-electron chi connectivity index (χ1n) is 4.20. The average Bonchev–Trinajstić information content (AvgIpc) is 2.20. The number of carboxylic acid groups (broad SMARTS) is 1. The number of benzene rings is 1. The maximum Gasteiger partial charge on any atom is 0.335 e. The van der Waals surface area contributed by atoms with Gasteiger partial charge in [0.1, 0.15) is 5.82 Å². The summed E-state index contributed by atoms with van der Waals surface area (Å²) in [6.45, 7) is 1.70. The summed E-state index contributed by atoms with van der Waals surface area (Å²) in [6, 6.07) is 3.72. The predicted molar refractivity (Wildman–Crippen MR) is 57.5 cm³/mol. The second kappa shape index (κ2) is 5.42. The van der Waals surface area contributed by atoms with Crippen molar-refractivity contribution in [1.82, 2.24) is 0 Å². The predicted octanol–water partition coefficient (Wildman–Crippen LogP) is 2.64. The minimum absolute atomic E-state index is 0.0864. The molecule has 0 fully saturated rings. The SMILES string of the molecule is CC#CCSc1cc(C(=O)O)ccc1F. The molecule has 0 aromatic heterocycles. The summed E-state index contributed by atoms with van der Waals surface area (Å²) in [5.74, 6) is 4.44. The van der Waals surface area contributed by atoms with Crippen LogP contribution in [-0.2, 0) is 0 Å². The summed E-state index contributed by atoms with van der Waals surface area (Å²) < 4.78 is 13.2. The Bertz CT molecular complexity index is 432. The number of rotatable bonds is 3. The fourth-order valence-electron chi connectivity index (χ4n) is 0.933. The summed E-state index contributed by atoms with van der Waals surface area (Å²) in [5, 5.41) is 8.71. The molecule has 0 saturated heterocycles.